The van der Waals surface area contributed by atoms with Crippen LogP contribution in [-0.2, 0) is 20.8 Å². The fraction of sp³-hybridized carbons (Fsp3) is 0.438. The Hall–Kier alpha value is -2.02. The molecule has 23 heavy (non-hydrogen) atoms. The second-order valence-electron chi connectivity index (χ2n) is 6.31. The van der Waals surface area contributed by atoms with Crippen LogP contribution in [0.15, 0.2) is 30.3 Å². The van der Waals surface area contributed by atoms with E-state index in [0.29, 0.717) is 0 Å². The van der Waals surface area contributed by atoms with Gasteiger partial charge in [-0.3, -0.25) is 9.59 Å². The summed E-state index contributed by atoms with van der Waals surface area (Å²) in [6, 6.07) is 7.78. The van der Waals surface area contributed by atoms with E-state index in [-0.39, 0.29) is 23.6 Å². The molecule has 1 aromatic rings. The minimum absolute atomic E-state index is 0.202. The largest absolute Gasteiger partial charge is 0.480 e. The quantitative estimate of drug-likeness (QED) is 0.797. The molecule has 0 spiro atoms. The Labute approximate surface area is 138 Å². The Bertz CT molecular complexity index is 661. The number of carbonyl (C=O) groups is 3. The number of nitrogens with one attached hydrogen (secondary N) is 1. The maximum Gasteiger partial charge on any atom is 0.327 e. The van der Waals surface area contributed by atoms with Crippen molar-refractivity contribution in [2.24, 2.45) is 0 Å². The fourth-order valence-electron chi connectivity index (χ4n) is 3.15. The predicted octanol–water partition coefficient (Wildman–Crippen LogP) is 0.861. The number of aliphatic carboxylic acids is 1. The molecule has 0 radical (unpaired) electrons. The van der Waals surface area contributed by atoms with Crippen molar-refractivity contribution in [2.45, 2.75) is 42.5 Å². The first-order valence-electron chi connectivity index (χ1n) is 7.37. The smallest absolute Gasteiger partial charge is 0.327 e. The van der Waals surface area contributed by atoms with E-state index in [1.54, 1.807) is 0 Å². The van der Waals surface area contributed by atoms with Crippen molar-refractivity contribution in [2.75, 3.05) is 0 Å². The molecule has 0 bridgehead atoms. The van der Waals surface area contributed by atoms with Gasteiger partial charge in [0.15, 0.2) is 0 Å². The second kappa shape index (κ2) is 5.56. The monoisotopic (exact) mass is 336 g/mol. The molecule has 7 heteroatoms. The minimum atomic E-state index is -1.01. The fourth-order valence-corrected chi connectivity index (χ4v) is 4.78. The molecule has 0 aromatic heterocycles. The number of amides is 2. The third kappa shape index (κ3) is 2.69. The summed E-state index contributed by atoms with van der Waals surface area (Å²) in [6.45, 7) is 3.62. The zero-order valence-electron chi connectivity index (χ0n) is 12.9. The van der Waals surface area contributed by atoms with Gasteiger partial charge in [0.25, 0.3) is 0 Å². The van der Waals surface area contributed by atoms with Crippen LogP contribution in [0.2, 0.25) is 0 Å². The highest BCUT2D eigenvalue weighted by molar-refractivity contribution is 8.01. The summed E-state index contributed by atoms with van der Waals surface area (Å²) < 4.78 is -0.578. The van der Waals surface area contributed by atoms with Crippen LogP contribution in [0, 0.1) is 0 Å². The zero-order valence-corrected chi connectivity index (χ0v) is 13.7. The van der Waals surface area contributed by atoms with Crippen LogP contribution in [0.1, 0.15) is 19.4 Å². The highest BCUT2D eigenvalue weighted by Gasteiger charge is 2.64. The summed E-state index contributed by atoms with van der Waals surface area (Å²) in [4.78, 5) is 37.2. The zero-order chi connectivity index (χ0) is 16.8. The molecule has 0 aliphatic carbocycles. The number of carbonyl (C=O) groups excluding carboxylic acids is 2. The molecular weight excluding hydrogens is 318 g/mol. The van der Waals surface area contributed by atoms with Gasteiger partial charge in [0.1, 0.15) is 17.5 Å². The number of benzene rings is 1. The van der Waals surface area contributed by atoms with Crippen molar-refractivity contribution >= 4 is 29.5 Å². The normalized spacial score (nSPS) is 28.0. The van der Waals surface area contributed by atoms with E-state index in [0.717, 1.165) is 5.56 Å². The molecule has 2 N–H and O–H groups in total. The van der Waals surface area contributed by atoms with Crippen molar-refractivity contribution in [3.05, 3.63) is 35.9 Å². The molecule has 122 valence electrons. The SMILES string of the molecule is CC1(C)S[C@@H]2[C@H](NC(=O)Cc3ccccc3)C(=O)N2[C@H]1[14C](=O)O. The van der Waals surface area contributed by atoms with E-state index < -0.39 is 22.8 Å². The first kappa shape index (κ1) is 15.9. The number of β-lactam (4-membered cyclic amide) rings is 1. The predicted molar refractivity (Wildman–Crippen MR) is 85.8 cm³/mol. The summed E-state index contributed by atoms with van der Waals surface area (Å²) in [6.07, 6.45) is 0.202. The van der Waals surface area contributed by atoms with Crippen molar-refractivity contribution in [1.82, 2.24) is 10.2 Å². The van der Waals surface area contributed by atoms with E-state index >= 15 is 0 Å². The number of hydrogen-bond acceptors (Lipinski definition) is 4. The molecule has 1 aromatic carbocycles. The lowest BCUT2D eigenvalue weighted by Crippen LogP contribution is -2.70. The van der Waals surface area contributed by atoms with Gasteiger partial charge in [-0.1, -0.05) is 30.3 Å². The van der Waals surface area contributed by atoms with Crippen LogP contribution in [0.25, 0.3) is 0 Å². The number of nitrogens with zero attached hydrogens (tertiary/aromatic N) is 1. The van der Waals surface area contributed by atoms with Crippen molar-refractivity contribution in [1.29, 1.82) is 0 Å². The summed E-state index contributed by atoms with van der Waals surface area (Å²) >= 11 is 1.42. The third-order valence-electron chi connectivity index (χ3n) is 4.20. The lowest BCUT2D eigenvalue weighted by atomic mass is 10.0. The third-order valence-corrected chi connectivity index (χ3v) is 5.77. The van der Waals surface area contributed by atoms with Crippen LogP contribution in [0.4, 0.5) is 0 Å². The van der Waals surface area contributed by atoms with Gasteiger partial charge in [-0.2, -0.15) is 0 Å². The van der Waals surface area contributed by atoms with E-state index in [4.69, 9.17) is 0 Å². The Balaban J connectivity index is 1.66. The van der Waals surface area contributed by atoms with Crippen molar-refractivity contribution in [3.63, 3.8) is 0 Å². The molecule has 0 saturated carbocycles. The number of fused-ring (bicyclic) bond motifs is 1. The molecule has 2 aliphatic rings. The molecule has 6 nitrogen and oxygen atoms in total. The Morgan fingerprint density at radius 3 is 2.65 bits per heavy atom. The summed E-state index contributed by atoms with van der Waals surface area (Å²) in [7, 11) is 0. The summed E-state index contributed by atoms with van der Waals surface area (Å²) in [5.74, 6) is -1.55. The molecule has 2 amide bonds. The van der Waals surface area contributed by atoms with Gasteiger partial charge < -0.3 is 15.3 Å². The average Bonchev–Trinajstić information content (AvgIpc) is 2.74. The topological polar surface area (TPSA) is 86.7 Å². The van der Waals surface area contributed by atoms with Crippen LogP contribution >= 0.6 is 11.8 Å². The summed E-state index contributed by atoms with van der Waals surface area (Å²) in [5.41, 5.74) is 0.872. The first-order valence-corrected chi connectivity index (χ1v) is 8.25. The van der Waals surface area contributed by atoms with Crippen LogP contribution in [0.5, 0.6) is 0 Å². The molecule has 2 fully saturated rings. The molecular formula is C16H18N2O4S. The number of hydrogen-bond donors (Lipinski definition) is 2. The summed E-state index contributed by atoms with van der Waals surface area (Å²) in [5, 5.41) is 11.8. The van der Waals surface area contributed by atoms with E-state index in [9.17, 15) is 19.5 Å². The first-order chi connectivity index (χ1) is 10.8. The van der Waals surface area contributed by atoms with Crippen LogP contribution in [-0.4, -0.2) is 50.0 Å². The molecule has 3 atom stereocenters. The maximum absolute atomic E-state index is 12.3. The Morgan fingerprint density at radius 1 is 1.39 bits per heavy atom. The molecule has 2 aliphatic heterocycles. The highest BCUT2D eigenvalue weighted by Crippen LogP contribution is 2.50. The second-order valence-corrected chi connectivity index (χ2v) is 8.08. The van der Waals surface area contributed by atoms with Crippen LogP contribution in [0.3, 0.4) is 0 Å². The lowest BCUT2D eigenvalue weighted by Gasteiger charge is -2.43. The molecule has 0 unspecified atom stereocenters. The number of thioether (sulfide) groups is 1. The lowest BCUT2D eigenvalue weighted by molar-refractivity contribution is -0.161. The van der Waals surface area contributed by atoms with E-state index in [1.807, 2.05) is 44.2 Å². The van der Waals surface area contributed by atoms with E-state index in [2.05, 4.69) is 5.32 Å². The van der Waals surface area contributed by atoms with Crippen molar-refractivity contribution < 1.29 is 19.5 Å². The Morgan fingerprint density at radius 2 is 2.04 bits per heavy atom. The number of carboxylic acid groups (broad SMARTS) is 1. The van der Waals surface area contributed by atoms with Gasteiger partial charge in [-0.15, -0.1) is 11.8 Å². The van der Waals surface area contributed by atoms with Gasteiger partial charge in [0, 0.05) is 4.75 Å². The number of rotatable bonds is 4. The van der Waals surface area contributed by atoms with E-state index in [1.165, 1.54) is 16.7 Å². The van der Waals surface area contributed by atoms with Gasteiger partial charge in [0.05, 0.1) is 6.42 Å². The average molecular weight is 336 g/mol. The van der Waals surface area contributed by atoms with Crippen molar-refractivity contribution in [3.8, 4) is 0 Å². The molecule has 3 rings (SSSR count). The Kier molecular flexibility index (Phi) is 3.83. The van der Waals surface area contributed by atoms with Crippen LogP contribution < -0.4 is 5.32 Å². The maximum atomic E-state index is 12.3. The minimum Gasteiger partial charge on any atom is -0.480 e. The van der Waals surface area contributed by atoms with Gasteiger partial charge in [0.2, 0.25) is 11.8 Å². The highest BCUT2D eigenvalue weighted by atomic mass is 32.2. The van der Waals surface area contributed by atoms with Gasteiger partial charge in [-0.25, -0.2) is 4.79 Å². The molecule has 2 heterocycles. The van der Waals surface area contributed by atoms with Gasteiger partial charge in [-0.05, 0) is 19.4 Å². The standard InChI is InChI=1S/C16H18N2O4S/c1-16(2)12(15(21)22)18-13(20)11(14(18)23-16)17-10(19)8-9-6-4-3-5-7-9/h3-7,11-12,14H,8H2,1-2H3,(H,17,19)(H,21,22)/t11-,12+,14-/m1/s1/i15+2. The number of carboxylic acids is 1. The molecule has 2 saturated heterocycles. The van der Waals surface area contributed by atoms with Gasteiger partial charge >= 0.3 is 5.97 Å².